The fourth-order valence-corrected chi connectivity index (χ4v) is 2.93. The number of hydrogen-bond acceptors (Lipinski definition) is 4. The Bertz CT molecular complexity index is 1080. The SMILES string of the molecule is O=C(NCc1ccccc1)c1ccc(Nc2cc(-c3ccccc3)ncn2)cc1. The summed E-state index contributed by atoms with van der Waals surface area (Å²) in [5, 5.41) is 6.19. The molecule has 4 rings (SSSR count). The zero-order valence-corrected chi connectivity index (χ0v) is 15.7. The molecule has 0 bridgehead atoms. The first-order chi connectivity index (χ1) is 14.3. The minimum absolute atomic E-state index is 0.103. The third-order valence-electron chi connectivity index (χ3n) is 4.45. The summed E-state index contributed by atoms with van der Waals surface area (Å²) in [6.07, 6.45) is 1.54. The molecule has 1 heterocycles. The number of carbonyl (C=O) groups is 1. The average Bonchev–Trinajstić information content (AvgIpc) is 2.79. The summed E-state index contributed by atoms with van der Waals surface area (Å²) in [5.74, 6) is 0.592. The van der Waals surface area contributed by atoms with Gasteiger partial charge in [-0.05, 0) is 29.8 Å². The van der Waals surface area contributed by atoms with E-state index in [0.717, 1.165) is 22.5 Å². The Hall–Kier alpha value is -3.99. The van der Waals surface area contributed by atoms with Crippen molar-refractivity contribution in [3.8, 4) is 11.3 Å². The molecule has 5 heteroatoms. The first-order valence-electron chi connectivity index (χ1n) is 9.34. The molecule has 0 unspecified atom stereocenters. The van der Waals surface area contributed by atoms with Gasteiger partial charge in [0.05, 0.1) is 5.69 Å². The number of carbonyl (C=O) groups excluding carboxylic acids is 1. The summed E-state index contributed by atoms with van der Waals surface area (Å²) >= 11 is 0. The van der Waals surface area contributed by atoms with Crippen molar-refractivity contribution in [3.05, 3.63) is 108 Å². The summed E-state index contributed by atoms with van der Waals surface area (Å²) in [6.45, 7) is 0.503. The van der Waals surface area contributed by atoms with Gasteiger partial charge in [0.25, 0.3) is 5.91 Å². The van der Waals surface area contributed by atoms with Crippen LogP contribution in [-0.4, -0.2) is 15.9 Å². The Kier molecular flexibility index (Phi) is 5.58. The maximum absolute atomic E-state index is 12.3. The molecule has 3 aromatic carbocycles. The molecule has 0 aliphatic heterocycles. The van der Waals surface area contributed by atoms with E-state index < -0.39 is 0 Å². The zero-order chi connectivity index (χ0) is 19.9. The molecule has 29 heavy (non-hydrogen) atoms. The Morgan fingerprint density at radius 1 is 0.793 bits per heavy atom. The highest BCUT2D eigenvalue weighted by Gasteiger charge is 2.06. The second-order valence-corrected chi connectivity index (χ2v) is 6.53. The van der Waals surface area contributed by atoms with E-state index >= 15 is 0 Å². The van der Waals surface area contributed by atoms with Gasteiger partial charge in [-0.1, -0.05) is 60.7 Å². The molecule has 2 N–H and O–H groups in total. The molecule has 0 fully saturated rings. The lowest BCUT2D eigenvalue weighted by Crippen LogP contribution is -2.22. The lowest BCUT2D eigenvalue weighted by molar-refractivity contribution is 0.0951. The lowest BCUT2D eigenvalue weighted by Gasteiger charge is -2.09. The first-order valence-corrected chi connectivity index (χ1v) is 9.34. The zero-order valence-electron chi connectivity index (χ0n) is 15.7. The lowest BCUT2D eigenvalue weighted by atomic mass is 10.1. The van der Waals surface area contributed by atoms with Gasteiger partial charge in [-0.2, -0.15) is 0 Å². The van der Waals surface area contributed by atoms with Crippen LogP contribution in [0.25, 0.3) is 11.3 Å². The number of rotatable bonds is 6. The summed E-state index contributed by atoms with van der Waals surface area (Å²) < 4.78 is 0. The molecular weight excluding hydrogens is 360 g/mol. The van der Waals surface area contributed by atoms with E-state index in [-0.39, 0.29) is 5.91 Å². The molecule has 1 amide bonds. The van der Waals surface area contributed by atoms with Crippen molar-refractivity contribution in [1.29, 1.82) is 0 Å². The summed E-state index contributed by atoms with van der Waals surface area (Å²) in [7, 11) is 0. The first kappa shape index (κ1) is 18.4. The van der Waals surface area contributed by atoms with Crippen molar-refractivity contribution in [2.45, 2.75) is 6.54 Å². The van der Waals surface area contributed by atoms with Gasteiger partial charge in [0.2, 0.25) is 0 Å². The average molecular weight is 380 g/mol. The van der Waals surface area contributed by atoms with Crippen LogP contribution in [0.3, 0.4) is 0 Å². The fourth-order valence-electron chi connectivity index (χ4n) is 2.93. The van der Waals surface area contributed by atoms with E-state index in [4.69, 9.17) is 0 Å². The Morgan fingerprint density at radius 2 is 1.48 bits per heavy atom. The number of aromatic nitrogens is 2. The van der Waals surface area contributed by atoms with Crippen molar-refractivity contribution < 1.29 is 4.79 Å². The maximum atomic E-state index is 12.3. The molecular formula is C24H20N4O. The molecule has 0 saturated heterocycles. The maximum Gasteiger partial charge on any atom is 0.251 e. The molecule has 0 spiro atoms. The van der Waals surface area contributed by atoms with Gasteiger partial charge in [-0.3, -0.25) is 4.79 Å². The third-order valence-corrected chi connectivity index (χ3v) is 4.45. The quantitative estimate of drug-likeness (QED) is 0.503. The van der Waals surface area contributed by atoms with Gasteiger partial charge in [-0.15, -0.1) is 0 Å². The molecule has 0 aliphatic rings. The molecule has 0 aliphatic carbocycles. The van der Waals surface area contributed by atoms with Crippen LogP contribution in [0.4, 0.5) is 11.5 Å². The van der Waals surface area contributed by atoms with E-state index in [1.54, 1.807) is 12.1 Å². The highest BCUT2D eigenvalue weighted by atomic mass is 16.1. The number of nitrogens with one attached hydrogen (secondary N) is 2. The van der Waals surface area contributed by atoms with Crippen LogP contribution >= 0.6 is 0 Å². The highest BCUT2D eigenvalue weighted by molar-refractivity contribution is 5.94. The third kappa shape index (κ3) is 4.84. The van der Waals surface area contributed by atoms with Crippen molar-refractivity contribution in [2.75, 3.05) is 5.32 Å². The minimum Gasteiger partial charge on any atom is -0.348 e. The van der Waals surface area contributed by atoms with Crippen LogP contribution in [0.15, 0.2) is 97.3 Å². The Balaban J connectivity index is 1.40. The second kappa shape index (κ2) is 8.80. The monoisotopic (exact) mass is 380 g/mol. The Labute approximate surface area is 169 Å². The highest BCUT2D eigenvalue weighted by Crippen LogP contribution is 2.21. The molecule has 5 nitrogen and oxygen atoms in total. The summed E-state index contributed by atoms with van der Waals surface area (Å²) in [4.78, 5) is 20.9. The van der Waals surface area contributed by atoms with E-state index in [9.17, 15) is 4.79 Å². The number of amides is 1. The van der Waals surface area contributed by atoms with Crippen LogP contribution in [0.2, 0.25) is 0 Å². The van der Waals surface area contributed by atoms with Gasteiger partial charge in [0, 0.05) is 29.4 Å². The van der Waals surface area contributed by atoms with Gasteiger partial charge >= 0.3 is 0 Å². The van der Waals surface area contributed by atoms with Gasteiger partial charge in [0.15, 0.2) is 0 Å². The van der Waals surface area contributed by atoms with Gasteiger partial charge in [-0.25, -0.2) is 9.97 Å². The Morgan fingerprint density at radius 3 is 2.21 bits per heavy atom. The molecule has 142 valence electrons. The standard InChI is InChI=1S/C24H20N4O/c29-24(25-16-18-7-3-1-4-8-18)20-11-13-21(14-12-20)28-23-15-22(26-17-27-23)19-9-5-2-6-10-19/h1-15,17H,16H2,(H,25,29)(H,26,27,28). The van der Waals surface area contributed by atoms with Crippen LogP contribution in [0.5, 0.6) is 0 Å². The summed E-state index contributed by atoms with van der Waals surface area (Å²) in [6, 6.07) is 29.0. The topological polar surface area (TPSA) is 66.9 Å². The van der Waals surface area contributed by atoms with E-state index in [2.05, 4.69) is 20.6 Å². The fraction of sp³-hybridized carbons (Fsp3) is 0.0417. The van der Waals surface area contributed by atoms with Gasteiger partial charge in [0.1, 0.15) is 12.1 Å². The minimum atomic E-state index is -0.103. The molecule has 4 aromatic rings. The van der Waals surface area contributed by atoms with Crippen molar-refractivity contribution in [3.63, 3.8) is 0 Å². The van der Waals surface area contributed by atoms with Crippen LogP contribution < -0.4 is 10.6 Å². The smallest absolute Gasteiger partial charge is 0.251 e. The number of anilines is 2. The van der Waals surface area contributed by atoms with Crippen LogP contribution in [-0.2, 0) is 6.54 Å². The summed E-state index contributed by atoms with van der Waals surface area (Å²) in [5.41, 5.74) is 4.40. The predicted octanol–water partition coefficient (Wildman–Crippen LogP) is 4.82. The second-order valence-electron chi connectivity index (χ2n) is 6.53. The van der Waals surface area contributed by atoms with Crippen LogP contribution in [0.1, 0.15) is 15.9 Å². The molecule has 1 aromatic heterocycles. The van der Waals surface area contributed by atoms with E-state index in [1.165, 1.54) is 6.33 Å². The van der Waals surface area contributed by atoms with Crippen LogP contribution in [0, 0.1) is 0 Å². The van der Waals surface area contributed by atoms with E-state index in [0.29, 0.717) is 17.9 Å². The predicted molar refractivity (Wildman–Crippen MR) is 115 cm³/mol. The van der Waals surface area contributed by atoms with Crippen molar-refractivity contribution in [1.82, 2.24) is 15.3 Å². The molecule has 0 radical (unpaired) electrons. The van der Waals surface area contributed by atoms with Gasteiger partial charge < -0.3 is 10.6 Å². The van der Waals surface area contributed by atoms with Crippen molar-refractivity contribution >= 4 is 17.4 Å². The number of hydrogen-bond donors (Lipinski definition) is 2. The van der Waals surface area contributed by atoms with Crippen molar-refractivity contribution in [2.24, 2.45) is 0 Å². The van der Waals surface area contributed by atoms with E-state index in [1.807, 2.05) is 78.9 Å². The normalized spacial score (nSPS) is 10.3. The largest absolute Gasteiger partial charge is 0.348 e. The number of nitrogens with zero attached hydrogens (tertiary/aromatic N) is 2. The molecule has 0 atom stereocenters. The number of benzene rings is 3. The molecule has 0 saturated carbocycles.